The maximum absolute atomic E-state index is 11.7. The van der Waals surface area contributed by atoms with E-state index in [1.54, 1.807) is 11.1 Å². The number of carbonyl (C=O) groups excluding carboxylic acids is 1. The van der Waals surface area contributed by atoms with Crippen LogP contribution >= 0.6 is 0 Å². The number of amides is 1. The number of rotatable bonds is 1. The Kier molecular flexibility index (Phi) is 1.94. The highest BCUT2D eigenvalue weighted by Crippen LogP contribution is 2.28. The zero-order valence-electron chi connectivity index (χ0n) is 8.55. The molecule has 0 radical (unpaired) electrons. The van der Waals surface area contributed by atoms with Gasteiger partial charge < -0.3 is 10.0 Å². The van der Waals surface area contributed by atoms with Crippen molar-refractivity contribution in [3.63, 3.8) is 0 Å². The number of aliphatic hydroxyl groups excluding tert-OH is 1. The third-order valence-electron chi connectivity index (χ3n) is 2.86. The molecule has 1 aliphatic heterocycles. The third-order valence-corrected chi connectivity index (χ3v) is 2.86. The fourth-order valence-electron chi connectivity index (χ4n) is 2.11. The molecule has 0 spiro atoms. The van der Waals surface area contributed by atoms with Gasteiger partial charge in [0.2, 0.25) is 5.91 Å². The molecule has 1 aliphatic rings. The fraction of sp³-hybridized carbons (Fsp3) is 0.273. The van der Waals surface area contributed by atoms with Gasteiger partial charge in [-0.25, -0.2) is 0 Å². The second-order valence-electron chi connectivity index (χ2n) is 3.97. The number of aromatic nitrogens is 2. The number of fused-ring (bicyclic) bond motifs is 1. The highest BCUT2D eigenvalue weighted by Gasteiger charge is 2.30. The molecule has 1 aromatic carbocycles. The standard InChI is InChI=1S/C11H11N3O2/c15-7-4-11(16)14(6-7)10-3-1-2-9-8(10)5-12-13-9/h1-3,5,7,15H,4,6H2,(H,12,13). The first-order valence-corrected chi connectivity index (χ1v) is 5.16. The molecular formula is C11H11N3O2. The van der Waals surface area contributed by atoms with Crippen LogP contribution in [0.1, 0.15) is 6.42 Å². The van der Waals surface area contributed by atoms with Gasteiger partial charge in [0.05, 0.1) is 36.5 Å². The van der Waals surface area contributed by atoms with Crippen molar-refractivity contribution in [2.24, 2.45) is 0 Å². The van der Waals surface area contributed by atoms with Crippen molar-refractivity contribution in [3.05, 3.63) is 24.4 Å². The maximum atomic E-state index is 11.7. The van der Waals surface area contributed by atoms with E-state index < -0.39 is 6.10 Å². The number of anilines is 1. The van der Waals surface area contributed by atoms with Crippen molar-refractivity contribution in [2.45, 2.75) is 12.5 Å². The first-order valence-electron chi connectivity index (χ1n) is 5.16. The van der Waals surface area contributed by atoms with Gasteiger partial charge in [0.1, 0.15) is 0 Å². The molecule has 1 atom stereocenters. The lowest BCUT2D eigenvalue weighted by Crippen LogP contribution is -2.25. The summed E-state index contributed by atoms with van der Waals surface area (Å²) in [6, 6.07) is 5.64. The molecule has 5 nitrogen and oxygen atoms in total. The second-order valence-corrected chi connectivity index (χ2v) is 3.97. The van der Waals surface area contributed by atoms with Gasteiger partial charge in [-0.1, -0.05) is 6.07 Å². The highest BCUT2D eigenvalue weighted by atomic mass is 16.3. The minimum Gasteiger partial charge on any atom is -0.391 e. The molecule has 2 heterocycles. The summed E-state index contributed by atoms with van der Waals surface area (Å²) >= 11 is 0. The predicted molar refractivity (Wildman–Crippen MR) is 59.1 cm³/mol. The van der Waals surface area contributed by atoms with Crippen LogP contribution in [0.25, 0.3) is 10.9 Å². The van der Waals surface area contributed by atoms with E-state index in [1.165, 1.54) is 0 Å². The number of aromatic amines is 1. The SMILES string of the molecule is O=C1CC(O)CN1c1cccc2[nH]ncc12. The van der Waals surface area contributed by atoms with Gasteiger partial charge in [-0.15, -0.1) is 0 Å². The first-order chi connectivity index (χ1) is 7.75. The van der Waals surface area contributed by atoms with E-state index in [-0.39, 0.29) is 12.3 Å². The lowest BCUT2D eigenvalue weighted by atomic mass is 10.2. The van der Waals surface area contributed by atoms with Crippen molar-refractivity contribution < 1.29 is 9.90 Å². The molecule has 2 N–H and O–H groups in total. The van der Waals surface area contributed by atoms with E-state index >= 15 is 0 Å². The third kappa shape index (κ3) is 1.29. The van der Waals surface area contributed by atoms with Gasteiger partial charge in [0.15, 0.2) is 0 Å². The predicted octanol–water partition coefficient (Wildman–Crippen LogP) is 0.660. The molecule has 1 saturated heterocycles. The Morgan fingerprint density at radius 1 is 1.50 bits per heavy atom. The second kappa shape index (κ2) is 3.31. The van der Waals surface area contributed by atoms with Gasteiger partial charge in [0, 0.05) is 5.39 Å². The van der Waals surface area contributed by atoms with E-state index in [2.05, 4.69) is 10.2 Å². The van der Waals surface area contributed by atoms with Gasteiger partial charge in [0.25, 0.3) is 0 Å². The molecule has 16 heavy (non-hydrogen) atoms. The topological polar surface area (TPSA) is 69.2 Å². The molecule has 0 bridgehead atoms. The van der Waals surface area contributed by atoms with Crippen LogP contribution in [0, 0.1) is 0 Å². The maximum Gasteiger partial charge on any atom is 0.229 e. The lowest BCUT2D eigenvalue weighted by molar-refractivity contribution is -0.117. The highest BCUT2D eigenvalue weighted by molar-refractivity contribution is 6.04. The van der Waals surface area contributed by atoms with Gasteiger partial charge in [-0.3, -0.25) is 9.89 Å². The summed E-state index contributed by atoms with van der Waals surface area (Å²) in [6.45, 7) is 0.364. The van der Waals surface area contributed by atoms with Crippen LogP contribution in [-0.4, -0.2) is 33.9 Å². The molecule has 5 heteroatoms. The van der Waals surface area contributed by atoms with Gasteiger partial charge in [-0.05, 0) is 12.1 Å². The number of aliphatic hydroxyl groups is 1. The van der Waals surface area contributed by atoms with Crippen LogP contribution in [0.4, 0.5) is 5.69 Å². The summed E-state index contributed by atoms with van der Waals surface area (Å²) in [6.07, 6.45) is 1.34. The molecule has 1 unspecified atom stereocenters. The quantitative estimate of drug-likeness (QED) is 0.737. The van der Waals surface area contributed by atoms with E-state index in [0.717, 1.165) is 16.6 Å². The van der Waals surface area contributed by atoms with Crippen LogP contribution in [0.5, 0.6) is 0 Å². The van der Waals surface area contributed by atoms with Crippen molar-refractivity contribution in [1.82, 2.24) is 10.2 Å². The molecule has 3 rings (SSSR count). The lowest BCUT2D eigenvalue weighted by Gasteiger charge is -2.16. The zero-order chi connectivity index (χ0) is 11.1. The molecule has 2 aromatic rings. The largest absolute Gasteiger partial charge is 0.391 e. The Morgan fingerprint density at radius 2 is 2.38 bits per heavy atom. The molecule has 1 aromatic heterocycles. The van der Waals surface area contributed by atoms with Gasteiger partial charge >= 0.3 is 0 Å². The number of carbonyl (C=O) groups is 1. The first kappa shape index (κ1) is 9.35. The Balaban J connectivity index is 2.12. The number of β-amino-alcohol motifs (C(OH)–C–C–N with tert-alkyl or cyclic N) is 1. The molecular weight excluding hydrogens is 206 g/mol. The van der Waals surface area contributed by atoms with Crippen LogP contribution in [-0.2, 0) is 4.79 Å². The van der Waals surface area contributed by atoms with Crippen LogP contribution < -0.4 is 4.90 Å². The Hall–Kier alpha value is -1.88. The zero-order valence-corrected chi connectivity index (χ0v) is 8.55. The number of benzene rings is 1. The number of H-pyrrole nitrogens is 1. The summed E-state index contributed by atoms with van der Waals surface area (Å²) in [5.41, 5.74) is 1.71. The van der Waals surface area contributed by atoms with E-state index in [9.17, 15) is 9.90 Å². The summed E-state index contributed by atoms with van der Waals surface area (Å²) in [5.74, 6) is -0.0406. The molecule has 1 fully saturated rings. The molecule has 0 saturated carbocycles. The van der Waals surface area contributed by atoms with Crippen molar-refractivity contribution in [1.29, 1.82) is 0 Å². The summed E-state index contributed by atoms with van der Waals surface area (Å²) < 4.78 is 0. The number of hydrogen-bond donors (Lipinski definition) is 2. The molecule has 82 valence electrons. The summed E-state index contributed by atoms with van der Waals surface area (Å²) in [7, 11) is 0. The number of nitrogens with one attached hydrogen (secondary N) is 1. The van der Waals surface area contributed by atoms with Crippen LogP contribution in [0.15, 0.2) is 24.4 Å². The Bertz CT molecular complexity index is 549. The summed E-state index contributed by atoms with van der Waals surface area (Å²) in [4.78, 5) is 13.3. The monoisotopic (exact) mass is 217 g/mol. The van der Waals surface area contributed by atoms with Crippen molar-refractivity contribution in [3.8, 4) is 0 Å². The van der Waals surface area contributed by atoms with E-state index in [4.69, 9.17) is 0 Å². The molecule has 1 amide bonds. The normalized spacial score (nSPS) is 20.9. The average Bonchev–Trinajstić information content (AvgIpc) is 2.84. The van der Waals surface area contributed by atoms with Crippen molar-refractivity contribution >= 4 is 22.5 Å². The Morgan fingerprint density at radius 3 is 3.12 bits per heavy atom. The summed E-state index contributed by atoms with van der Waals surface area (Å²) in [5, 5.41) is 17.2. The Labute approximate surface area is 91.7 Å². The minimum atomic E-state index is -0.561. The number of hydrogen-bond acceptors (Lipinski definition) is 3. The van der Waals surface area contributed by atoms with Crippen LogP contribution in [0.2, 0.25) is 0 Å². The molecule has 0 aliphatic carbocycles. The van der Waals surface area contributed by atoms with Crippen LogP contribution in [0.3, 0.4) is 0 Å². The van der Waals surface area contributed by atoms with Gasteiger partial charge in [-0.2, -0.15) is 5.10 Å². The van der Waals surface area contributed by atoms with Crippen molar-refractivity contribution in [2.75, 3.05) is 11.4 Å². The van der Waals surface area contributed by atoms with E-state index in [0.29, 0.717) is 6.54 Å². The smallest absolute Gasteiger partial charge is 0.229 e. The minimum absolute atomic E-state index is 0.0406. The average molecular weight is 217 g/mol. The number of nitrogens with zero attached hydrogens (tertiary/aromatic N) is 2. The fourth-order valence-corrected chi connectivity index (χ4v) is 2.11. The van der Waals surface area contributed by atoms with E-state index in [1.807, 2.05) is 18.2 Å².